The van der Waals surface area contributed by atoms with E-state index >= 15 is 0 Å². The molecule has 1 aromatic heterocycles. The number of carbonyl (C=O) groups is 1. The van der Waals surface area contributed by atoms with Crippen molar-refractivity contribution in [2.75, 3.05) is 31.1 Å². The van der Waals surface area contributed by atoms with Gasteiger partial charge in [0.05, 0.1) is 6.42 Å². The molecule has 2 heterocycles. The molecule has 1 aliphatic heterocycles. The molecule has 1 saturated heterocycles. The van der Waals surface area contributed by atoms with Crippen LogP contribution in [-0.4, -0.2) is 42.1 Å². The lowest BCUT2D eigenvalue weighted by atomic mass is 10.1. The van der Waals surface area contributed by atoms with E-state index in [4.69, 9.17) is 16.1 Å². The molecule has 0 saturated carbocycles. The first-order valence-electron chi connectivity index (χ1n) is 8.73. The molecule has 0 N–H and O–H groups in total. The van der Waals surface area contributed by atoms with E-state index in [1.54, 1.807) is 0 Å². The Labute approximate surface area is 157 Å². The highest BCUT2D eigenvalue weighted by atomic mass is 35.5. The minimum absolute atomic E-state index is 0.0902. The number of fused-ring (bicyclic) bond motifs is 1. The van der Waals surface area contributed by atoms with Crippen LogP contribution in [0.4, 0.5) is 5.69 Å². The molecule has 26 heavy (non-hydrogen) atoms. The standard InChI is InChI=1S/C20H20ClN3O2/c1-14-5-6-19-17(11-14)18(22-26-19)13-20(25)24-9-7-23(8-10-24)16-4-2-3-15(21)12-16/h2-6,11-12H,7-10,13H2,1H3. The molecular weight excluding hydrogens is 350 g/mol. The van der Waals surface area contributed by atoms with Crippen LogP contribution in [0.25, 0.3) is 11.0 Å². The van der Waals surface area contributed by atoms with Crippen molar-refractivity contribution in [3.8, 4) is 0 Å². The lowest BCUT2D eigenvalue weighted by molar-refractivity contribution is -0.130. The minimum atomic E-state index is 0.0902. The van der Waals surface area contributed by atoms with Gasteiger partial charge >= 0.3 is 0 Å². The topological polar surface area (TPSA) is 49.6 Å². The molecule has 0 atom stereocenters. The van der Waals surface area contributed by atoms with Crippen LogP contribution in [0.3, 0.4) is 0 Å². The van der Waals surface area contributed by atoms with E-state index in [2.05, 4.69) is 10.1 Å². The van der Waals surface area contributed by atoms with E-state index in [1.165, 1.54) is 0 Å². The molecule has 3 aromatic rings. The molecular formula is C20H20ClN3O2. The first-order chi connectivity index (χ1) is 12.6. The van der Waals surface area contributed by atoms with Crippen LogP contribution in [0.5, 0.6) is 0 Å². The van der Waals surface area contributed by atoms with Crippen LogP contribution in [0.15, 0.2) is 47.0 Å². The van der Waals surface area contributed by atoms with Crippen molar-refractivity contribution in [2.24, 2.45) is 0 Å². The van der Waals surface area contributed by atoms with E-state index < -0.39 is 0 Å². The molecule has 0 radical (unpaired) electrons. The Balaban J connectivity index is 1.41. The minimum Gasteiger partial charge on any atom is -0.368 e. The van der Waals surface area contributed by atoms with Gasteiger partial charge in [0.1, 0.15) is 5.69 Å². The number of nitrogens with zero attached hydrogens (tertiary/aromatic N) is 3. The second-order valence-corrected chi connectivity index (χ2v) is 7.09. The maximum Gasteiger partial charge on any atom is 0.228 e. The third kappa shape index (κ3) is 3.40. The van der Waals surface area contributed by atoms with Crippen LogP contribution in [0.2, 0.25) is 5.02 Å². The highest BCUT2D eigenvalue weighted by molar-refractivity contribution is 6.30. The van der Waals surface area contributed by atoms with Gasteiger partial charge in [-0.25, -0.2) is 0 Å². The van der Waals surface area contributed by atoms with Gasteiger partial charge in [-0.1, -0.05) is 34.5 Å². The molecule has 1 amide bonds. The quantitative estimate of drug-likeness (QED) is 0.706. The lowest BCUT2D eigenvalue weighted by Gasteiger charge is -2.36. The average molecular weight is 370 g/mol. The largest absolute Gasteiger partial charge is 0.368 e. The maximum absolute atomic E-state index is 12.7. The van der Waals surface area contributed by atoms with Gasteiger partial charge in [-0.3, -0.25) is 4.79 Å². The first kappa shape index (κ1) is 16.9. The zero-order chi connectivity index (χ0) is 18.1. The van der Waals surface area contributed by atoms with Crippen molar-refractivity contribution < 1.29 is 9.32 Å². The highest BCUT2D eigenvalue weighted by Crippen LogP contribution is 2.23. The van der Waals surface area contributed by atoms with E-state index in [0.29, 0.717) is 18.8 Å². The molecule has 1 fully saturated rings. The molecule has 0 unspecified atom stereocenters. The summed E-state index contributed by atoms with van der Waals surface area (Å²) >= 11 is 6.07. The van der Waals surface area contributed by atoms with Gasteiger partial charge in [0, 0.05) is 42.3 Å². The van der Waals surface area contributed by atoms with Crippen molar-refractivity contribution in [3.05, 3.63) is 58.7 Å². The van der Waals surface area contributed by atoms with E-state index in [-0.39, 0.29) is 12.3 Å². The number of aromatic nitrogens is 1. The van der Waals surface area contributed by atoms with Gasteiger partial charge in [-0.05, 0) is 37.3 Å². The summed E-state index contributed by atoms with van der Waals surface area (Å²) in [5.74, 6) is 0.0902. The summed E-state index contributed by atoms with van der Waals surface area (Å²) in [6, 6.07) is 13.7. The number of anilines is 1. The van der Waals surface area contributed by atoms with Crippen molar-refractivity contribution in [3.63, 3.8) is 0 Å². The summed E-state index contributed by atoms with van der Waals surface area (Å²) < 4.78 is 5.34. The molecule has 4 rings (SSSR count). The van der Waals surface area contributed by atoms with Gasteiger partial charge in [-0.2, -0.15) is 0 Å². The Morgan fingerprint density at radius 1 is 1.15 bits per heavy atom. The van der Waals surface area contributed by atoms with E-state index in [0.717, 1.165) is 40.3 Å². The fraction of sp³-hybridized carbons (Fsp3) is 0.300. The summed E-state index contributed by atoms with van der Waals surface area (Å²) in [7, 11) is 0. The summed E-state index contributed by atoms with van der Waals surface area (Å²) in [5.41, 5.74) is 3.67. The fourth-order valence-corrected chi connectivity index (χ4v) is 3.56. The average Bonchev–Trinajstić information content (AvgIpc) is 3.04. The highest BCUT2D eigenvalue weighted by Gasteiger charge is 2.23. The Morgan fingerprint density at radius 2 is 1.96 bits per heavy atom. The van der Waals surface area contributed by atoms with Gasteiger partial charge < -0.3 is 14.3 Å². The van der Waals surface area contributed by atoms with Gasteiger partial charge in [0.15, 0.2) is 5.58 Å². The smallest absolute Gasteiger partial charge is 0.228 e. The first-order valence-corrected chi connectivity index (χ1v) is 9.11. The molecule has 1 aliphatic rings. The number of halogens is 1. The molecule has 5 nitrogen and oxygen atoms in total. The second kappa shape index (κ2) is 7.00. The molecule has 0 spiro atoms. The second-order valence-electron chi connectivity index (χ2n) is 6.65. The van der Waals surface area contributed by atoms with Gasteiger partial charge in [0.25, 0.3) is 0 Å². The lowest BCUT2D eigenvalue weighted by Crippen LogP contribution is -2.49. The van der Waals surface area contributed by atoms with Crippen LogP contribution in [0, 0.1) is 6.92 Å². The van der Waals surface area contributed by atoms with E-state index in [9.17, 15) is 4.79 Å². The SMILES string of the molecule is Cc1ccc2onc(CC(=O)N3CCN(c4cccc(Cl)c4)CC3)c2c1. The Bertz CT molecular complexity index is 945. The Hall–Kier alpha value is -2.53. The third-order valence-electron chi connectivity index (χ3n) is 4.82. The number of hydrogen-bond donors (Lipinski definition) is 0. The monoisotopic (exact) mass is 369 g/mol. The van der Waals surface area contributed by atoms with Gasteiger partial charge in [-0.15, -0.1) is 0 Å². The zero-order valence-corrected chi connectivity index (χ0v) is 15.4. The molecule has 0 aliphatic carbocycles. The molecule has 0 bridgehead atoms. The summed E-state index contributed by atoms with van der Waals surface area (Å²) in [4.78, 5) is 16.9. The number of benzene rings is 2. The van der Waals surface area contributed by atoms with Crippen LogP contribution < -0.4 is 4.90 Å². The van der Waals surface area contributed by atoms with Crippen LogP contribution in [0.1, 0.15) is 11.3 Å². The van der Waals surface area contributed by atoms with Crippen LogP contribution in [-0.2, 0) is 11.2 Å². The van der Waals surface area contributed by atoms with E-state index in [1.807, 2.05) is 54.3 Å². The van der Waals surface area contributed by atoms with Crippen molar-refractivity contribution >= 4 is 34.2 Å². The third-order valence-corrected chi connectivity index (χ3v) is 5.06. The normalized spacial score (nSPS) is 14.8. The zero-order valence-electron chi connectivity index (χ0n) is 14.6. The van der Waals surface area contributed by atoms with Crippen LogP contribution >= 0.6 is 11.6 Å². The number of hydrogen-bond acceptors (Lipinski definition) is 4. The van der Waals surface area contributed by atoms with Crippen molar-refractivity contribution in [1.29, 1.82) is 0 Å². The van der Waals surface area contributed by atoms with Crippen molar-refractivity contribution in [2.45, 2.75) is 13.3 Å². The number of amides is 1. The number of aryl methyl sites for hydroxylation is 1. The number of rotatable bonds is 3. The number of carbonyl (C=O) groups excluding carboxylic acids is 1. The molecule has 2 aromatic carbocycles. The predicted octanol–water partition coefficient (Wildman–Crippen LogP) is 3.68. The predicted molar refractivity (Wildman–Crippen MR) is 103 cm³/mol. The summed E-state index contributed by atoms with van der Waals surface area (Å²) in [5, 5.41) is 5.75. The van der Waals surface area contributed by atoms with Gasteiger partial charge in [0.2, 0.25) is 5.91 Å². The maximum atomic E-state index is 12.7. The number of piperazine rings is 1. The Kier molecular flexibility index (Phi) is 4.55. The van der Waals surface area contributed by atoms with Crippen molar-refractivity contribution in [1.82, 2.24) is 10.1 Å². The fourth-order valence-electron chi connectivity index (χ4n) is 3.37. The molecule has 134 valence electrons. The summed E-state index contributed by atoms with van der Waals surface area (Å²) in [6.45, 7) is 5.00. The molecule has 6 heteroatoms. The Morgan fingerprint density at radius 3 is 2.73 bits per heavy atom. The summed E-state index contributed by atoms with van der Waals surface area (Å²) in [6.07, 6.45) is 0.271.